The first-order chi connectivity index (χ1) is 10.3. The Labute approximate surface area is 133 Å². The van der Waals surface area contributed by atoms with Crippen molar-refractivity contribution in [2.75, 3.05) is 0 Å². The molecular weight excluding hydrogens is 308 g/mol. The number of ether oxygens (including phenoxy) is 1. The van der Waals surface area contributed by atoms with Gasteiger partial charge in [0.15, 0.2) is 0 Å². The Bertz CT molecular complexity index is 543. The van der Waals surface area contributed by atoms with Crippen LogP contribution < -0.4 is 5.32 Å². The molecule has 0 atom stereocenters. The first-order valence-electron chi connectivity index (χ1n) is 7.91. The average molecular weight is 331 g/mol. The molecule has 3 fully saturated rings. The molecule has 5 nitrogen and oxygen atoms in total. The van der Waals surface area contributed by atoms with Crippen LogP contribution in [0.25, 0.3) is 0 Å². The second-order valence-electron chi connectivity index (χ2n) is 8.93. The lowest BCUT2D eigenvalue weighted by Crippen LogP contribution is -2.73. The van der Waals surface area contributed by atoms with Crippen LogP contribution in [0.15, 0.2) is 0 Å². The molecule has 0 heterocycles. The molecule has 130 valence electrons. The van der Waals surface area contributed by atoms with Gasteiger partial charge in [0.25, 0.3) is 0 Å². The number of carbonyl (C=O) groups excluding carboxylic acids is 1. The third-order valence-electron chi connectivity index (χ3n) is 5.27. The van der Waals surface area contributed by atoms with E-state index in [2.05, 4.69) is 5.32 Å². The SMILES string of the molecule is CC(C)(C)OC(=O)NC1(C(=O)O)CC2(CC3(CC(F)(F)C3)C2)C1. The Morgan fingerprint density at radius 1 is 1.00 bits per heavy atom. The van der Waals surface area contributed by atoms with Gasteiger partial charge in [0.2, 0.25) is 5.92 Å². The van der Waals surface area contributed by atoms with E-state index in [1.807, 2.05) is 0 Å². The molecular formula is C16H23F2NO4. The fraction of sp³-hybridized carbons (Fsp3) is 0.875. The number of aliphatic carboxylic acids is 1. The van der Waals surface area contributed by atoms with E-state index in [1.165, 1.54) is 0 Å². The first-order valence-corrected chi connectivity index (χ1v) is 7.91. The average Bonchev–Trinajstić information content (AvgIpc) is 2.17. The molecule has 0 bridgehead atoms. The van der Waals surface area contributed by atoms with Gasteiger partial charge < -0.3 is 15.2 Å². The van der Waals surface area contributed by atoms with E-state index in [0.717, 1.165) is 0 Å². The molecule has 0 aromatic heterocycles. The summed E-state index contributed by atoms with van der Waals surface area (Å²) in [4.78, 5) is 23.5. The number of hydrogen-bond acceptors (Lipinski definition) is 3. The van der Waals surface area contributed by atoms with Crippen LogP contribution in [0.4, 0.5) is 13.6 Å². The number of nitrogens with one attached hydrogen (secondary N) is 1. The zero-order valence-corrected chi connectivity index (χ0v) is 13.7. The summed E-state index contributed by atoms with van der Waals surface area (Å²) in [7, 11) is 0. The number of carbonyl (C=O) groups is 2. The van der Waals surface area contributed by atoms with Gasteiger partial charge in [0, 0.05) is 12.8 Å². The Balaban J connectivity index is 1.58. The Hall–Kier alpha value is -1.40. The summed E-state index contributed by atoms with van der Waals surface area (Å²) in [6, 6.07) is 0. The number of amides is 1. The standard InChI is InChI=1S/C16H23F2NO4/c1-12(2,3)23-11(22)19-15(10(20)21)6-13(7-15)4-14(5-13)8-16(17,18)9-14/h4-9H2,1-3H3,(H,19,22)(H,20,21). The summed E-state index contributed by atoms with van der Waals surface area (Å²) >= 11 is 0. The van der Waals surface area contributed by atoms with Gasteiger partial charge >= 0.3 is 12.1 Å². The zero-order chi connectivity index (χ0) is 17.3. The number of carboxylic acid groups (broad SMARTS) is 1. The van der Waals surface area contributed by atoms with E-state index in [0.29, 0.717) is 25.7 Å². The molecule has 0 unspecified atom stereocenters. The van der Waals surface area contributed by atoms with E-state index in [1.54, 1.807) is 20.8 Å². The van der Waals surface area contributed by atoms with Gasteiger partial charge in [-0.05, 0) is 57.3 Å². The molecule has 3 rings (SSSR count). The maximum Gasteiger partial charge on any atom is 0.408 e. The van der Waals surface area contributed by atoms with Gasteiger partial charge in [0.1, 0.15) is 11.1 Å². The van der Waals surface area contributed by atoms with Crippen molar-refractivity contribution >= 4 is 12.1 Å². The lowest BCUT2D eigenvalue weighted by Gasteiger charge is -2.70. The molecule has 0 radical (unpaired) electrons. The predicted molar refractivity (Wildman–Crippen MR) is 77.3 cm³/mol. The predicted octanol–water partition coefficient (Wildman–Crippen LogP) is 3.32. The highest BCUT2D eigenvalue weighted by molar-refractivity contribution is 5.86. The minimum absolute atomic E-state index is 0.0820. The fourth-order valence-corrected chi connectivity index (χ4v) is 5.11. The van der Waals surface area contributed by atoms with Crippen molar-refractivity contribution < 1.29 is 28.2 Å². The monoisotopic (exact) mass is 331 g/mol. The minimum Gasteiger partial charge on any atom is -0.480 e. The van der Waals surface area contributed by atoms with Crippen molar-refractivity contribution in [1.82, 2.24) is 5.32 Å². The van der Waals surface area contributed by atoms with Crippen LogP contribution in [0.3, 0.4) is 0 Å². The molecule has 0 saturated heterocycles. The summed E-state index contributed by atoms with van der Waals surface area (Å²) in [5.41, 5.74) is -2.52. The van der Waals surface area contributed by atoms with E-state index in [-0.39, 0.29) is 23.7 Å². The van der Waals surface area contributed by atoms with Crippen molar-refractivity contribution in [2.24, 2.45) is 10.8 Å². The smallest absolute Gasteiger partial charge is 0.408 e. The van der Waals surface area contributed by atoms with Crippen molar-refractivity contribution in [2.45, 2.75) is 76.4 Å². The fourth-order valence-electron chi connectivity index (χ4n) is 5.11. The van der Waals surface area contributed by atoms with Crippen LogP contribution in [0.1, 0.15) is 59.3 Å². The van der Waals surface area contributed by atoms with E-state index in [4.69, 9.17) is 4.74 Å². The summed E-state index contributed by atoms with van der Waals surface area (Å²) < 4.78 is 31.3. The van der Waals surface area contributed by atoms with Gasteiger partial charge in [-0.1, -0.05) is 0 Å². The van der Waals surface area contributed by atoms with E-state index in [9.17, 15) is 23.5 Å². The summed E-state index contributed by atoms with van der Waals surface area (Å²) in [5.74, 6) is -3.64. The van der Waals surface area contributed by atoms with Crippen molar-refractivity contribution in [3.63, 3.8) is 0 Å². The molecule has 0 aliphatic heterocycles. The second kappa shape index (κ2) is 4.36. The van der Waals surface area contributed by atoms with Gasteiger partial charge in [0.05, 0.1) is 0 Å². The summed E-state index contributed by atoms with van der Waals surface area (Å²) in [6.07, 6.45) is 0.951. The van der Waals surface area contributed by atoms with E-state index >= 15 is 0 Å². The number of carboxylic acids is 1. The third kappa shape index (κ3) is 2.78. The highest BCUT2D eigenvalue weighted by Crippen LogP contribution is 2.75. The third-order valence-corrected chi connectivity index (χ3v) is 5.27. The van der Waals surface area contributed by atoms with Crippen LogP contribution in [0.5, 0.6) is 0 Å². The van der Waals surface area contributed by atoms with Crippen LogP contribution >= 0.6 is 0 Å². The lowest BCUT2D eigenvalue weighted by atomic mass is 9.36. The largest absolute Gasteiger partial charge is 0.480 e. The second-order valence-corrected chi connectivity index (χ2v) is 8.93. The zero-order valence-electron chi connectivity index (χ0n) is 13.7. The minimum atomic E-state index is -2.55. The molecule has 3 aliphatic rings. The van der Waals surface area contributed by atoms with E-state index < -0.39 is 29.1 Å². The molecule has 0 aromatic carbocycles. The Morgan fingerprint density at radius 3 is 1.87 bits per heavy atom. The number of rotatable bonds is 2. The molecule has 2 spiro atoms. The number of halogens is 2. The van der Waals surface area contributed by atoms with Crippen LogP contribution in [-0.2, 0) is 9.53 Å². The van der Waals surface area contributed by atoms with Crippen LogP contribution in [0, 0.1) is 10.8 Å². The topological polar surface area (TPSA) is 75.6 Å². The molecule has 2 N–H and O–H groups in total. The van der Waals surface area contributed by atoms with Gasteiger partial charge in [-0.25, -0.2) is 18.4 Å². The Morgan fingerprint density at radius 2 is 1.48 bits per heavy atom. The normalized spacial score (nSPS) is 28.2. The van der Waals surface area contributed by atoms with Crippen LogP contribution in [-0.4, -0.2) is 34.2 Å². The molecule has 1 amide bonds. The van der Waals surface area contributed by atoms with Crippen molar-refractivity contribution in [1.29, 1.82) is 0 Å². The number of hydrogen-bond donors (Lipinski definition) is 2. The molecule has 0 aromatic rings. The lowest BCUT2D eigenvalue weighted by molar-refractivity contribution is -0.260. The maximum atomic E-state index is 13.1. The van der Waals surface area contributed by atoms with Gasteiger partial charge in [-0.2, -0.15) is 0 Å². The van der Waals surface area contributed by atoms with Crippen molar-refractivity contribution in [3.05, 3.63) is 0 Å². The number of alkyl halides is 2. The Kier molecular flexibility index (Phi) is 3.12. The summed E-state index contributed by atoms with van der Waals surface area (Å²) in [5, 5.41) is 12.0. The van der Waals surface area contributed by atoms with Crippen molar-refractivity contribution in [3.8, 4) is 0 Å². The molecule has 23 heavy (non-hydrogen) atoms. The highest BCUT2D eigenvalue weighted by atomic mass is 19.3. The molecule has 3 aliphatic carbocycles. The molecule has 7 heteroatoms. The van der Waals surface area contributed by atoms with Gasteiger partial charge in [-0.3, -0.25) is 0 Å². The highest BCUT2D eigenvalue weighted by Gasteiger charge is 2.73. The first kappa shape index (κ1) is 16.5. The number of alkyl carbamates (subject to hydrolysis) is 1. The van der Waals surface area contributed by atoms with Crippen LogP contribution in [0.2, 0.25) is 0 Å². The quantitative estimate of drug-likeness (QED) is 0.814. The summed E-state index contributed by atoms with van der Waals surface area (Å²) in [6.45, 7) is 5.11. The molecule has 3 saturated carbocycles. The van der Waals surface area contributed by atoms with Gasteiger partial charge in [-0.15, -0.1) is 0 Å². The maximum absolute atomic E-state index is 13.1.